The second-order valence-corrected chi connectivity index (χ2v) is 12.7. The fraction of sp³-hybridized carbons (Fsp3) is 0.143. The molecule has 0 aromatic heterocycles. The molecule has 0 spiro atoms. The van der Waals surface area contributed by atoms with E-state index in [9.17, 15) is 0 Å². The fourth-order valence-electron chi connectivity index (χ4n) is 6.28. The molecule has 0 aliphatic carbocycles. The molecule has 0 unspecified atom stereocenters. The molecule has 228 valence electrons. The molecule has 0 atom stereocenters. The molecule has 1 aliphatic rings. The van der Waals surface area contributed by atoms with Gasteiger partial charge in [0.25, 0.3) is 0 Å². The van der Waals surface area contributed by atoms with Gasteiger partial charge in [-0.2, -0.15) is 0 Å². The van der Waals surface area contributed by atoms with Crippen molar-refractivity contribution in [2.24, 2.45) is 0 Å². The Morgan fingerprint density at radius 1 is 0.435 bits per heavy atom. The zero-order chi connectivity index (χ0) is 31.1. The summed E-state index contributed by atoms with van der Waals surface area (Å²) in [5.74, 6) is 0. The molecule has 3 nitrogen and oxygen atoms in total. The van der Waals surface area contributed by atoms with Crippen molar-refractivity contribution in [1.82, 2.24) is 0 Å². The Kier molecular flexibility index (Phi) is 9.07. The second kappa shape index (κ2) is 14.0. The first-order valence-corrected chi connectivity index (χ1v) is 17.2. The zero-order valence-electron chi connectivity index (χ0n) is 26.3. The first-order chi connectivity index (χ1) is 22.8. The van der Waals surface area contributed by atoms with E-state index in [1.807, 2.05) is 11.8 Å². The number of fused-ring (bicyclic) bond motifs is 2. The van der Waals surface area contributed by atoms with Gasteiger partial charge in [-0.05, 0) is 91.3 Å². The second-order valence-electron chi connectivity index (χ2n) is 11.6. The van der Waals surface area contributed by atoms with Crippen LogP contribution in [0.2, 0.25) is 0 Å². The van der Waals surface area contributed by atoms with Crippen LogP contribution in [0.1, 0.15) is 32.6 Å². The summed E-state index contributed by atoms with van der Waals surface area (Å²) in [6.45, 7) is 3.28. The molecule has 7 rings (SSSR count). The molecule has 1 aliphatic heterocycles. The van der Waals surface area contributed by atoms with E-state index in [0.717, 1.165) is 40.7 Å². The normalized spacial score (nSPS) is 11.9. The molecule has 0 bridgehead atoms. The van der Waals surface area contributed by atoms with E-state index in [2.05, 4.69) is 179 Å². The van der Waals surface area contributed by atoms with Crippen molar-refractivity contribution in [3.05, 3.63) is 158 Å². The van der Waals surface area contributed by atoms with Gasteiger partial charge in [0.2, 0.25) is 0 Å². The Hall–Kier alpha value is -4.93. The van der Waals surface area contributed by atoms with Crippen LogP contribution < -0.4 is 14.7 Å². The fourth-order valence-corrected chi connectivity index (χ4v) is 7.44. The summed E-state index contributed by atoms with van der Waals surface area (Å²) in [7, 11) is 0. The molecule has 0 N–H and O–H groups in total. The number of benzene rings is 6. The van der Waals surface area contributed by atoms with Crippen LogP contribution in [-0.2, 0) is 0 Å². The Morgan fingerprint density at radius 3 is 1.20 bits per heavy atom. The predicted molar refractivity (Wildman–Crippen MR) is 198 cm³/mol. The monoisotopic (exact) mass is 617 g/mol. The quantitative estimate of drug-likeness (QED) is 0.134. The number of rotatable bonds is 11. The van der Waals surface area contributed by atoms with Gasteiger partial charge in [-0.25, -0.2) is 0 Å². The van der Waals surface area contributed by atoms with Crippen molar-refractivity contribution in [3.63, 3.8) is 0 Å². The zero-order valence-corrected chi connectivity index (χ0v) is 27.1. The molecule has 0 radical (unpaired) electrons. The van der Waals surface area contributed by atoms with Gasteiger partial charge in [0.15, 0.2) is 0 Å². The number of anilines is 8. The average Bonchev–Trinajstić information content (AvgIpc) is 3.12. The molecule has 0 fully saturated rings. The van der Waals surface area contributed by atoms with Gasteiger partial charge in [-0.15, -0.1) is 0 Å². The smallest absolute Gasteiger partial charge is 0.0554 e. The van der Waals surface area contributed by atoms with Gasteiger partial charge in [0.05, 0.1) is 11.4 Å². The van der Waals surface area contributed by atoms with Gasteiger partial charge in [-0.3, -0.25) is 0 Å². The third-order valence-corrected chi connectivity index (χ3v) is 9.59. The summed E-state index contributed by atoms with van der Waals surface area (Å²) in [5, 5.41) is 0. The molecule has 46 heavy (non-hydrogen) atoms. The van der Waals surface area contributed by atoms with E-state index in [-0.39, 0.29) is 0 Å². The van der Waals surface area contributed by atoms with Crippen LogP contribution in [0.3, 0.4) is 0 Å². The Bertz CT molecular complexity index is 1650. The van der Waals surface area contributed by atoms with Gasteiger partial charge < -0.3 is 14.7 Å². The molecule has 0 saturated carbocycles. The van der Waals surface area contributed by atoms with E-state index in [1.54, 1.807) is 0 Å². The highest BCUT2D eigenvalue weighted by molar-refractivity contribution is 7.99. The molecular formula is C42H39N3S. The maximum absolute atomic E-state index is 2.55. The largest absolute Gasteiger partial charge is 0.340 e. The minimum Gasteiger partial charge on any atom is -0.340 e. The highest BCUT2D eigenvalue weighted by Gasteiger charge is 2.26. The lowest BCUT2D eigenvalue weighted by Crippen LogP contribution is -2.22. The van der Waals surface area contributed by atoms with Crippen molar-refractivity contribution in [3.8, 4) is 0 Å². The Balaban J connectivity index is 1.32. The van der Waals surface area contributed by atoms with Crippen LogP contribution in [0, 0.1) is 0 Å². The summed E-state index contributed by atoms with van der Waals surface area (Å²) in [5.41, 5.74) is 9.48. The van der Waals surface area contributed by atoms with Crippen LogP contribution in [0.25, 0.3) is 0 Å². The lowest BCUT2D eigenvalue weighted by Gasteiger charge is -2.35. The number of nitrogens with zero attached hydrogens (tertiary/aromatic N) is 3. The lowest BCUT2D eigenvalue weighted by molar-refractivity contribution is 0.666. The number of hydrogen-bond acceptors (Lipinski definition) is 4. The lowest BCUT2D eigenvalue weighted by atomic mass is 10.1. The highest BCUT2D eigenvalue weighted by Crippen LogP contribution is 2.52. The summed E-state index contributed by atoms with van der Waals surface area (Å²) in [4.78, 5) is 9.81. The first-order valence-electron chi connectivity index (χ1n) is 16.3. The maximum atomic E-state index is 2.55. The van der Waals surface area contributed by atoms with Crippen LogP contribution >= 0.6 is 11.8 Å². The Labute approximate surface area is 277 Å². The SMILES string of the molecule is CCCCCCN1c2ccc(N(c3ccccc3)c3ccccc3)cc2Sc2cc(N(c3ccccc3)c3ccccc3)ccc21. The molecule has 0 amide bonds. The summed E-state index contributed by atoms with van der Waals surface area (Å²) in [6.07, 6.45) is 4.92. The van der Waals surface area contributed by atoms with Crippen LogP contribution in [0.5, 0.6) is 0 Å². The summed E-state index contributed by atoms with van der Waals surface area (Å²) in [6, 6.07) is 56.6. The van der Waals surface area contributed by atoms with E-state index in [4.69, 9.17) is 0 Å². The Morgan fingerprint density at radius 2 is 0.826 bits per heavy atom. The third-order valence-electron chi connectivity index (χ3n) is 8.50. The van der Waals surface area contributed by atoms with Crippen molar-refractivity contribution in [1.29, 1.82) is 0 Å². The van der Waals surface area contributed by atoms with Gasteiger partial charge in [-0.1, -0.05) is 111 Å². The predicted octanol–water partition coefficient (Wildman–Crippen LogP) is 12.8. The number of hydrogen-bond donors (Lipinski definition) is 0. The minimum absolute atomic E-state index is 1.00. The van der Waals surface area contributed by atoms with E-state index in [1.165, 1.54) is 46.8 Å². The number of para-hydroxylation sites is 4. The standard InChI is InChI=1S/C42H39N3S/c1-2-3-4-17-30-43-39-28-26-37(44(33-18-9-5-10-19-33)34-20-11-6-12-21-34)31-41(39)46-42-32-38(27-29-40(42)43)45(35-22-13-7-14-23-35)36-24-15-8-16-25-36/h5-16,18-29,31-32H,2-4,17,30H2,1H3. The molecule has 0 saturated heterocycles. The van der Waals surface area contributed by atoms with Gasteiger partial charge >= 0.3 is 0 Å². The summed E-state index contributed by atoms with van der Waals surface area (Å²) < 4.78 is 0. The number of unbranched alkanes of at least 4 members (excludes halogenated alkanes) is 3. The molecule has 6 aromatic carbocycles. The van der Waals surface area contributed by atoms with Crippen molar-refractivity contribution < 1.29 is 0 Å². The van der Waals surface area contributed by atoms with Crippen molar-refractivity contribution >= 4 is 57.3 Å². The minimum atomic E-state index is 1.00. The maximum Gasteiger partial charge on any atom is 0.0554 e. The van der Waals surface area contributed by atoms with Crippen LogP contribution in [0.4, 0.5) is 45.5 Å². The van der Waals surface area contributed by atoms with Crippen molar-refractivity contribution in [2.45, 2.75) is 42.4 Å². The van der Waals surface area contributed by atoms with Crippen LogP contribution in [-0.4, -0.2) is 6.54 Å². The molecule has 6 aromatic rings. The van der Waals surface area contributed by atoms with E-state index >= 15 is 0 Å². The third kappa shape index (κ3) is 6.27. The molecule has 1 heterocycles. The highest BCUT2D eigenvalue weighted by atomic mass is 32.2. The van der Waals surface area contributed by atoms with E-state index in [0.29, 0.717) is 0 Å². The van der Waals surface area contributed by atoms with Gasteiger partial charge in [0.1, 0.15) is 0 Å². The van der Waals surface area contributed by atoms with Crippen molar-refractivity contribution in [2.75, 3.05) is 21.2 Å². The first kappa shape index (κ1) is 29.8. The van der Waals surface area contributed by atoms with E-state index < -0.39 is 0 Å². The molecular weight excluding hydrogens is 579 g/mol. The van der Waals surface area contributed by atoms with Crippen LogP contribution in [0.15, 0.2) is 168 Å². The summed E-state index contributed by atoms with van der Waals surface area (Å²) >= 11 is 1.88. The van der Waals surface area contributed by atoms with Gasteiger partial charge in [0, 0.05) is 50.5 Å². The topological polar surface area (TPSA) is 9.72 Å². The molecule has 4 heteroatoms. The average molecular weight is 618 g/mol.